The van der Waals surface area contributed by atoms with Crippen LogP contribution in [0.3, 0.4) is 0 Å². The number of morpholine rings is 1. The van der Waals surface area contributed by atoms with Crippen LogP contribution in [0, 0.1) is 3.57 Å². The summed E-state index contributed by atoms with van der Waals surface area (Å²) in [6.07, 6.45) is 0. The van der Waals surface area contributed by atoms with Crippen LogP contribution in [0.25, 0.3) is 0 Å². The third-order valence-corrected chi connectivity index (χ3v) is 4.95. The van der Waals surface area contributed by atoms with Crippen LogP contribution in [0.5, 0.6) is 0 Å². The second kappa shape index (κ2) is 9.52. The maximum absolute atomic E-state index is 12.6. The van der Waals surface area contributed by atoms with Gasteiger partial charge < -0.3 is 9.64 Å². The van der Waals surface area contributed by atoms with Gasteiger partial charge in [-0.25, -0.2) is 0 Å². The van der Waals surface area contributed by atoms with E-state index in [1.165, 1.54) is 5.56 Å². The van der Waals surface area contributed by atoms with Gasteiger partial charge in [-0.2, -0.15) is 0 Å². The third kappa shape index (κ3) is 5.41. The number of hydrogen-bond acceptors (Lipinski definition) is 3. The van der Waals surface area contributed by atoms with Crippen LogP contribution in [-0.4, -0.2) is 44.2 Å². The number of hydrogen-bond donors (Lipinski definition) is 0. The predicted molar refractivity (Wildman–Crippen MR) is 112 cm³/mol. The van der Waals surface area contributed by atoms with Crippen molar-refractivity contribution in [2.75, 3.05) is 38.3 Å². The topological polar surface area (TPSA) is 32.8 Å². The molecule has 1 aliphatic rings. The summed E-state index contributed by atoms with van der Waals surface area (Å²) in [4.78, 5) is 16.7. The minimum absolute atomic E-state index is 0. The van der Waals surface area contributed by atoms with Gasteiger partial charge in [-0.15, -0.1) is 12.4 Å². The van der Waals surface area contributed by atoms with Gasteiger partial charge in [-0.3, -0.25) is 9.69 Å². The highest BCUT2D eigenvalue weighted by Gasteiger charge is 2.14. The summed E-state index contributed by atoms with van der Waals surface area (Å²) >= 11 is 2.26. The first kappa shape index (κ1) is 20.2. The lowest BCUT2D eigenvalue weighted by atomic mass is 10.1. The molecule has 0 atom stereocenters. The van der Waals surface area contributed by atoms with Crippen molar-refractivity contribution in [3.8, 4) is 0 Å². The molecular weight excluding hydrogens is 451 g/mol. The van der Waals surface area contributed by atoms with Gasteiger partial charge in [0, 0.05) is 41.5 Å². The fourth-order valence-electron chi connectivity index (χ4n) is 2.75. The molecule has 0 radical (unpaired) electrons. The Bertz CT molecular complexity index is 686. The Kier molecular flexibility index (Phi) is 7.68. The molecule has 134 valence electrons. The lowest BCUT2D eigenvalue weighted by Crippen LogP contribution is -2.35. The van der Waals surface area contributed by atoms with E-state index in [9.17, 15) is 4.79 Å². The SMILES string of the molecule is CN(C(=O)c1ccc(CN2CCOCC2)cc1)c1ccc(I)cc1.Cl. The lowest BCUT2D eigenvalue weighted by Gasteiger charge is -2.26. The average Bonchev–Trinajstić information content (AvgIpc) is 2.63. The third-order valence-electron chi connectivity index (χ3n) is 4.23. The van der Waals surface area contributed by atoms with Crippen molar-refractivity contribution in [2.45, 2.75) is 6.54 Å². The van der Waals surface area contributed by atoms with Crippen molar-refractivity contribution in [2.24, 2.45) is 0 Å². The van der Waals surface area contributed by atoms with E-state index in [2.05, 4.69) is 27.5 Å². The number of halogens is 2. The quantitative estimate of drug-likeness (QED) is 0.634. The van der Waals surface area contributed by atoms with Gasteiger partial charge in [0.05, 0.1) is 13.2 Å². The molecule has 2 aromatic carbocycles. The maximum Gasteiger partial charge on any atom is 0.258 e. The van der Waals surface area contributed by atoms with Crippen LogP contribution < -0.4 is 4.90 Å². The Hall–Kier alpha value is -1.15. The number of rotatable bonds is 4. The molecule has 1 saturated heterocycles. The van der Waals surface area contributed by atoms with E-state index >= 15 is 0 Å². The van der Waals surface area contributed by atoms with Gasteiger partial charge in [0.2, 0.25) is 0 Å². The second-order valence-electron chi connectivity index (χ2n) is 5.93. The lowest BCUT2D eigenvalue weighted by molar-refractivity contribution is 0.0342. The summed E-state index contributed by atoms with van der Waals surface area (Å²) in [6, 6.07) is 15.9. The van der Waals surface area contributed by atoms with Crippen molar-refractivity contribution in [3.05, 3.63) is 63.2 Å². The number of ether oxygens (including phenoxy) is 1. The first-order valence-electron chi connectivity index (χ1n) is 8.06. The van der Waals surface area contributed by atoms with Crippen LogP contribution in [0.1, 0.15) is 15.9 Å². The van der Waals surface area contributed by atoms with Gasteiger partial charge in [-0.1, -0.05) is 12.1 Å². The number of carbonyl (C=O) groups excluding carboxylic acids is 1. The minimum Gasteiger partial charge on any atom is -0.379 e. The largest absolute Gasteiger partial charge is 0.379 e. The molecule has 0 bridgehead atoms. The van der Waals surface area contributed by atoms with Crippen LogP contribution in [-0.2, 0) is 11.3 Å². The van der Waals surface area contributed by atoms with Crippen LogP contribution in [0.2, 0.25) is 0 Å². The van der Waals surface area contributed by atoms with E-state index in [0.29, 0.717) is 5.56 Å². The first-order chi connectivity index (χ1) is 11.6. The Morgan fingerprint density at radius 2 is 1.68 bits per heavy atom. The molecule has 0 aliphatic carbocycles. The van der Waals surface area contributed by atoms with E-state index in [-0.39, 0.29) is 18.3 Å². The number of nitrogens with zero attached hydrogens (tertiary/aromatic N) is 2. The highest BCUT2D eigenvalue weighted by atomic mass is 127. The van der Waals surface area contributed by atoms with Gasteiger partial charge in [0.15, 0.2) is 0 Å². The number of amides is 1. The van der Waals surface area contributed by atoms with E-state index in [0.717, 1.165) is 42.1 Å². The standard InChI is InChI=1S/C19H21IN2O2.ClH/c1-21(18-8-6-17(20)7-9-18)19(23)16-4-2-15(3-5-16)14-22-10-12-24-13-11-22;/h2-9H,10-14H2,1H3;1H. The van der Waals surface area contributed by atoms with Gasteiger partial charge in [0.25, 0.3) is 5.91 Å². The Morgan fingerprint density at radius 3 is 2.28 bits per heavy atom. The molecule has 3 rings (SSSR count). The summed E-state index contributed by atoms with van der Waals surface area (Å²) in [5, 5.41) is 0. The zero-order valence-corrected chi connectivity index (χ0v) is 17.1. The molecule has 0 unspecified atom stereocenters. The van der Waals surface area contributed by atoms with E-state index in [1.54, 1.807) is 4.90 Å². The molecule has 25 heavy (non-hydrogen) atoms. The molecule has 1 fully saturated rings. The fourth-order valence-corrected chi connectivity index (χ4v) is 3.11. The number of carbonyl (C=O) groups is 1. The summed E-state index contributed by atoms with van der Waals surface area (Å²) in [6.45, 7) is 4.45. The van der Waals surface area contributed by atoms with Gasteiger partial charge in [0.1, 0.15) is 0 Å². The molecule has 0 spiro atoms. The van der Waals surface area contributed by atoms with Crippen LogP contribution >= 0.6 is 35.0 Å². The molecule has 0 N–H and O–H groups in total. The highest BCUT2D eigenvalue weighted by Crippen LogP contribution is 2.18. The smallest absolute Gasteiger partial charge is 0.258 e. The monoisotopic (exact) mass is 472 g/mol. The Labute approximate surface area is 168 Å². The molecule has 6 heteroatoms. The van der Waals surface area contributed by atoms with Crippen LogP contribution in [0.15, 0.2) is 48.5 Å². The van der Waals surface area contributed by atoms with Crippen molar-refractivity contribution in [1.82, 2.24) is 4.90 Å². The Balaban J connectivity index is 0.00000225. The molecule has 1 aliphatic heterocycles. The second-order valence-corrected chi connectivity index (χ2v) is 7.17. The Morgan fingerprint density at radius 1 is 1.08 bits per heavy atom. The molecule has 4 nitrogen and oxygen atoms in total. The van der Waals surface area contributed by atoms with Crippen molar-refractivity contribution in [1.29, 1.82) is 0 Å². The molecule has 1 heterocycles. The average molecular weight is 473 g/mol. The summed E-state index contributed by atoms with van der Waals surface area (Å²) < 4.78 is 6.53. The zero-order valence-electron chi connectivity index (χ0n) is 14.2. The molecule has 0 aromatic heterocycles. The fraction of sp³-hybridized carbons (Fsp3) is 0.316. The molecule has 1 amide bonds. The summed E-state index contributed by atoms with van der Waals surface area (Å²) in [5.41, 5.74) is 2.84. The van der Waals surface area contributed by atoms with Crippen LogP contribution in [0.4, 0.5) is 5.69 Å². The van der Waals surface area contributed by atoms with E-state index < -0.39 is 0 Å². The normalized spacial score (nSPS) is 14.6. The minimum atomic E-state index is 0. The zero-order chi connectivity index (χ0) is 16.9. The van der Waals surface area contributed by atoms with Crippen molar-refractivity contribution < 1.29 is 9.53 Å². The number of benzene rings is 2. The number of anilines is 1. The van der Waals surface area contributed by atoms with E-state index in [1.807, 2.05) is 55.6 Å². The summed E-state index contributed by atoms with van der Waals surface area (Å²) in [7, 11) is 1.81. The van der Waals surface area contributed by atoms with E-state index in [4.69, 9.17) is 4.74 Å². The summed E-state index contributed by atoms with van der Waals surface area (Å²) in [5.74, 6) is 0.00845. The van der Waals surface area contributed by atoms with Crippen molar-refractivity contribution in [3.63, 3.8) is 0 Å². The van der Waals surface area contributed by atoms with Gasteiger partial charge in [-0.05, 0) is 64.6 Å². The van der Waals surface area contributed by atoms with Crippen molar-refractivity contribution >= 4 is 46.6 Å². The molecule has 0 saturated carbocycles. The maximum atomic E-state index is 12.6. The predicted octanol–water partition coefficient (Wildman–Crippen LogP) is 3.82. The highest BCUT2D eigenvalue weighted by molar-refractivity contribution is 14.1. The first-order valence-corrected chi connectivity index (χ1v) is 9.14. The molecule has 2 aromatic rings. The van der Waals surface area contributed by atoms with Gasteiger partial charge >= 0.3 is 0 Å². The molecular formula is C19H22ClIN2O2.